The zero-order chi connectivity index (χ0) is 20.0. The Morgan fingerprint density at radius 2 is 2.00 bits per heavy atom. The second kappa shape index (κ2) is 7.00. The van der Waals surface area contributed by atoms with E-state index < -0.39 is 0 Å². The summed E-state index contributed by atoms with van der Waals surface area (Å²) >= 11 is 0. The van der Waals surface area contributed by atoms with Crippen LogP contribution in [0.5, 0.6) is 0 Å². The number of hydrogen-bond acceptors (Lipinski definition) is 5. The maximum Gasteiger partial charge on any atom is 0.227 e. The molecule has 3 fully saturated rings. The number of hydrogen-bond donors (Lipinski definition) is 3. The first kappa shape index (κ1) is 18.4. The van der Waals surface area contributed by atoms with Gasteiger partial charge in [0.1, 0.15) is 23.0 Å². The van der Waals surface area contributed by atoms with E-state index in [1.54, 1.807) is 7.05 Å². The third-order valence-electron chi connectivity index (χ3n) is 6.77. The van der Waals surface area contributed by atoms with Crippen molar-refractivity contribution in [2.45, 2.75) is 43.9 Å². The fourth-order valence-electron chi connectivity index (χ4n) is 4.84. The SMILES string of the molecule is CNC(=N)C1(c2nc3ccc(N4CCC[C@@H](C(=O)N5CCCC5)C4)nc3[nH]2)CC1. The van der Waals surface area contributed by atoms with Crippen LogP contribution in [0.2, 0.25) is 0 Å². The smallest absolute Gasteiger partial charge is 0.227 e. The third kappa shape index (κ3) is 3.14. The fraction of sp³-hybridized carbons (Fsp3) is 0.619. The van der Waals surface area contributed by atoms with Crippen molar-refractivity contribution in [2.24, 2.45) is 5.92 Å². The first-order valence-electron chi connectivity index (χ1n) is 10.8. The van der Waals surface area contributed by atoms with Gasteiger partial charge in [0, 0.05) is 33.2 Å². The van der Waals surface area contributed by atoms with Crippen molar-refractivity contribution in [2.75, 3.05) is 38.1 Å². The number of pyridine rings is 1. The van der Waals surface area contributed by atoms with E-state index in [1.165, 1.54) is 0 Å². The van der Waals surface area contributed by atoms with E-state index in [4.69, 9.17) is 15.4 Å². The third-order valence-corrected chi connectivity index (χ3v) is 6.77. The lowest BCUT2D eigenvalue weighted by atomic mass is 9.96. The molecule has 154 valence electrons. The number of imidazole rings is 1. The summed E-state index contributed by atoms with van der Waals surface area (Å²) in [6.45, 7) is 3.50. The van der Waals surface area contributed by atoms with Crippen molar-refractivity contribution in [1.29, 1.82) is 5.41 Å². The highest BCUT2D eigenvalue weighted by Gasteiger charge is 2.51. The number of anilines is 1. The summed E-state index contributed by atoms with van der Waals surface area (Å²) in [5.41, 5.74) is 1.30. The van der Waals surface area contributed by atoms with Crippen LogP contribution in [0.15, 0.2) is 12.1 Å². The van der Waals surface area contributed by atoms with Gasteiger partial charge in [-0.15, -0.1) is 0 Å². The number of aromatic nitrogens is 3. The van der Waals surface area contributed by atoms with Gasteiger partial charge in [0.25, 0.3) is 0 Å². The zero-order valence-electron chi connectivity index (χ0n) is 17.0. The first-order valence-corrected chi connectivity index (χ1v) is 10.8. The van der Waals surface area contributed by atoms with Gasteiger partial charge >= 0.3 is 0 Å². The normalized spacial score (nSPS) is 23.4. The van der Waals surface area contributed by atoms with E-state index in [2.05, 4.69) is 15.2 Å². The number of rotatable bonds is 4. The number of carbonyl (C=O) groups is 1. The molecule has 0 unspecified atom stereocenters. The van der Waals surface area contributed by atoms with E-state index >= 15 is 0 Å². The zero-order valence-corrected chi connectivity index (χ0v) is 17.0. The van der Waals surface area contributed by atoms with Crippen molar-refractivity contribution in [1.82, 2.24) is 25.2 Å². The Hall–Kier alpha value is -2.64. The van der Waals surface area contributed by atoms with Crippen LogP contribution in [0.4, 0.5) is 5.82 Å². The number of likely N-dealkylation sites (tertiary alicyclic amines) is 1. The largest absolute Gasteiger partial charge is 0.376 e. The van der Waals surface area contributed by atoms with Gasteiger partial charge in [-0.2, -0.15) is 0 Å². The number of nitrogens with zero attached hydrogens (tertiary/aromatic N) is 4. The molecule has 0 radical (unpaired) electrons. The summed E-state index contributed by atoms with van der Waals surface area (Å²) in [7, 11) is 1.79. The molecule has 0 spiro atoms. The highest BCUT2D eigenvalue weighted by atomic mass is 16.2. The van der Waals surface area contributed by atoms with Crippen LogP contribution in [-0.4, -0.2) is 64.8 Å². The van der Waals surface area contributed by atoms with Crippen LogP contribution in [0.1, 0.15) is 44.3 Å². The summed E-state index contributed by atoms with van der Waals surface area (Å²) in [5.74, 6) is 2.63. The Labute approximate surface area is 170 Å². The Morgan fingerprint density at radius 3 is 2.72 bits per heavy atom. The Balaban J connectivity index is 1.36. The van der Waals surface area contributed by atoms with Crippen molar-refractivity contribution < 1.29 is 4.79 Å². The second-order valence-corrected chi connectivity index (χ2v) is 8.65. The minimum atomic E-state index is -0.298. The van der Waals surface area contributed by atoms with Gasteiger partial charge in [0.05, 0.1) is 11.3 Å². The molecule has 0 aromatic carbocycles. The highest BCUT2D eigenvalue weighted by molar-refractivity contribution is 5.93. The van der Waals surface area contributed by atoms with Crippen molar-refractivity contribution in [3.8, 4) is 0 Å². The standard InChI is InChI=1S/C21H29N7O/c1-23-19(22)21(8-9-21)20-24-15-6-7-16(25-17(15)26-20)28-12-4-5-14(13-28)18(29)27-10-2-3-11-27/h6-7,14H,2-5,8-13H2,1H3,(H2,22,23)(H,24,25,26)/t14-/m1/s1. The van der Waals surface area contributed by atoms with Crippen molar-refractivity contribution >= 4 is 28.7 Å². The number of fused-ring (bicyclic) bond motifs is 1. The number of carbonyl (C=O) groups excluding carboxylic acids is 1. The van der Waals surface area contributed by atoms with Crippen molar-refractivity contribution in [3.63, 3.8) is 0 Å². The van der Waals surface area contributed by atoms with Crippen LogP contribution in [0.3, 0.4) is 0 Å². The molecule has 2 aromatic rings. The Kier molecular flexibility index (Phi) is 4.44. The lowest BCUT2D eigenvalue weighted by molar-refractivity contribution is -0.134. The molecule has 1 saturated carbocycles. The monoisotopic (exact) mass is 395 g/mol. The first-order chi connectivity index (χ1) is 14.1. The quantitative estimate of drug-likeness (QED) is 0.543. The number of likely N-dealkylation sites (N-methyl/N-ethyl adjacent to an activating group) is 1. The molecule has 1 amide bonds. The van der Waals surface area contributed by atoms with Crippen LogP contribution in [0.25, 0.3) is 11.2 Å². The van der Waals surface area contributed by atoms with Crippen LogP contribution < -0.4 is 10.2 Å². The molecule has 2 saturated heterocycles. The van der Waals surface area contributed by atoms with E-state index in [0.29, 0.717) is 11.7 Å². The number of aromatic amines is 1. The van der Waals surface area contributed by atoms with Crippen molar-refractivity contribution in [3.05, 3.63) is 18.0 Å². The molecular formula is C21H29N7O. The summed E-state index contributed by atoms with van der Waals surface area (Å²) < 4.78 is 0. The second-order valence-electron chi connectivity index (χ2n) is 8.65. The minimum Gasteiger partial charge on any atom is -0.376 e. The molecule has 1 atom stereocenters. The molecule has 5 rings (SSSR count). The molecule has 0 bridgehead atoms. The molecule has 2 aliphatic heterocycles. The molecule has 8 heteroatoms. The number of amides is 1. The molecular weight excluding hydrogens is 366 g/mol. The molecule has 8 nitrogen and oxygen atoms in total. The summed E-state index contributed by atoms with van der Waals surface area (Å²) in [4.78, 5) is 30.0. The minimum absolute atomic E-state index is 0.0718. The Bertz CT molecular complexity index is 942. The fourth-order valence-corrected chi connectivity index (χ4v) is 4.84. The average Bonchev–Trinajstić information content (AvgIpc) is 3.19. The van der Waals surface area contributed by atoms with E-state index in [9.17, 15) is 4.79 Å². The predicted octanol–water partition coefficient (Wildman–Crippen LogP) is 2.02. The molecule has 2 aromatic heterocycles. The number of piperidine rings is 1. The lowest BCUT2D eigenvalue weighted by Crippen LogP contribution is -2.44. The van der Waals surface area contributed by atoms with E-state index in [0.717, 1.165) is 87.5 Å². The predicted molar refractivity (Wildman–Crippen MR) is 112 cm³/mol. The van der Waals surface area contributed by atoms with Gasteiger partial charge in [0.15, 0.2) is 5.65 Å². The van der Waals surface area contributed by atoms with Gasteiger partial charge in [-0.05, 0) is 50.7 Å². The molecule has 4 heterocycles. The maximum atomic E-state index is 12.8. The van der Waals surface area contributed by atoms with Gasteiger partial charge in [-0.3, -0.25) is 10.2 Å². The summed E-state index contributed by atoms with van der Waals surface area (Å²) in [6.07, 6.45) is 6.12. The van der Waals surface area contributed by atoms with Gasteiger partial charge in [-0.1, -0.05) is 0 Å². The molecule has 29 heavy (non-hydrogen) atoms. The molecule has 3 N–H and O–H groups in total. The van der Waals surface area contributed by atoms with Gasteiger partial charge in [0.2, 0.25) is 5.91 Å². The number of H-pyrrole nitrogens is 1. The summed E-state index contributed by atoms with van der Waals surface area (Å²) in [6, 6.07) is 4.02. The van der Waals surface area contributed by atoms with Crippen LogP contribution >= 0.6 is 0 Å². The Morgan fingerprint density at radius 1 is 1.21 bits per heavy atom. The number of amidine groups is 1. The highest BCUT2D eigenvalue weighted by Crippen LogP contribution is 2.47. The van der Waals surface area contributed by atoms with Gasteiger partial charge < -0.3 is 20.1 Å². The van der Waals surface area contributed by atoms with E-state index in [-0.39, 0.29) is 11.3 Å². The number of nitrogens with one attached hydrogen (secondary N) is 3. The molecule has 3 aliphatic rings. The lowest BCUT2D eigenvalue weighted by Gasteiger charge is -2.34. The van der Waals surface area contributed by atoms with Gasteiger partial charge in [-0.25, -0.2) is 9.97 Å². The van der Waals surface area contributed by atoms with Crippen LogP contribution in [0, 0.1) is 11.3 Å². The van der Waals surface area contributed by atoms with Crippen LogP contribution in [-0.2, 0) is 10.2 Å². The summed E-state index contributed by atoms with van der Waals surface area (Å²) in [5, 5.41) is 11.2. The maximum absolute atomic E-state index is 12.8. The van der Waals surface area contributed by atoms with E-state index in [1.807, 2.05) is 17.0 Å². The molecule has 1 aliphatic carbocycles. The topological polar surface area (TPSA) is 101 Å². The average molecular weight is 396 g/mol.